The first kappa shape index (κ1) is 26.6. The predicted octanol–water partition coefficient (Wildman–Crippen LogP) is 4.73. The van der Waals surface area contributed by atoms with Crippen LogP contribution in [0.4, 0.5) is 5.82 Å². The van der Waals surface area contributed by atoms with E-state index in [0.717, 1.165) is 59.0 Å². The number of aromatic amines is 1. The second-order valence-electron chi connectivity index (χ2n) is 10.6. The fourth-order valence-electron chi connectivity index (χ4n) is 5.54. The molecule has 1 unspecified atom stereocenters. The lowest BCUT2D eigenvalue weighted by atomic mass is 9.91. The summed E-state index contributed by atoms with van der Waals surface area (Å²) in [6, 6.07) is 2.19. The van der Waals surface area contributed by atoms with Crippen molar-refractivity contribution in [2.75, 3.05) is 44.3 Å². The number of hydrogen-bond acceptors (Lipinski definition) is 8. The molecule has 0 radical (unpaired) electrons. The maximum absolute atomic E-state index is 12.7. The largest absolute Gasteiger partial charge is 0.378 e. The van der Waals surface area contributed by atoms with Crippen LogP contribution in [0.2, 0.25) is 0 Å². The third-order valence-corrected chi connectivity index (χ3v) is 9.07. The fraction of sp³-hybridized carbons (Fsp3) is 0.433. The molecule has 3 aromatic heterocycles. The van der Waals surface area contributed by atoms with Crippen molar-refractivity contribution < 1.29 is 14.3 Å². The summed E-state index contributed by atoms with van der Waals surface area (Å²) in [7, 11) is 0. The number of H-pyrrole nitrogens is 1. The molecular weight excluding hydrogens is 524 g/mol. The number of hydrogen-bond donors (Lipinski definition) is 1. The molecule has 1 fully saturated rings. The van der Waals surface area contributed by atoms with Crippen LogP contribution in [-0.2, 0) is 14.3 Å². The Labute approximate surface area is 237 Å². The third kappa shape index (κ3) is 5.38. The molecule has 0 bridgehead atoms. The van der Waals surface area contributed by atoms with E-state index in [1.807, 2.05) is 11.1 Å². The van der Waals surface area contributed by atoms with Gasteiger partial charge in [0.2, 0.25) is 5.91 Å². The van der Waals surface area contributed by atoms with Gasteiger partial charge in [0.1, 0.15) is 5.82 Å². The number of ether oxygens (including phenoxy) is 1. The molecule has 40 heavy (non-hydrogen) atoms. The third-order valence-electron chi connectivity index (χ3n) is 7.87. The second-order valence-corrected chi connectivity index (χ2v) is 11.7. The molecule has 0 spiro atoms. The molecule has 1 N–H and O–H groups in total. The van der Waals surface area contributed by atoms with Gasteiger partial charge in [-0.25, -0.2) is 9.97 Å². The highest BCUT2D eigenvalue weighted by Gasteiger charge is 2.27. The minimum absolute atomic E-state index is 0.0336. The normalized spacial score (nSPS) is 19.0. The zero-order valence-electron chi connectivity index (χ0n) is 22.8. The van der Waals surface area contributed by atoms with Gasteiger partial charge >= 0.3 is 0 Å². The van der Waals surface area contributed by atoms with Gasteiger partial charge in [0.05, 0.1) is 41.2 Å². The lowest BCUT2D eigenvalue weighted by molar-refractivity contribution is -0.130. The Morgan fingerprint density at radius 3 is 2.83 bits per heavy atom. The number of carbonyl (C=O) groups excluding carboxylic acids is 2. The number of anilines is 1. The first-order chi connectivity index (χ1) is 19.5. The number of Topliss-reactive ketones (excluding diaryl/α,β-unsaturated/α-hetero) is 1. The topological polar surface area (TPSA) is 104 Å². The van der Waals surface area contributed by atoms with Crippen molar-refractivity contribution in [2.45, 2.75) is 44.9 Å². The van der Waals surface area contributed by atoms with Crippen LogP contribution in [0.1, 0.15) is 66.9 Å². The minimum atomic E-state index is 0.0336. The van der Waals surface area contributed by atoms with Gasteiger partial charge in [0.25, 0.3) is 0 Å². The zero-order chi connectivity index (χ0) is 27.6. The number of allylic oxidation sites excluding steroid dienone is 2. The van der Waals surface area contributed by atoms with E-state index in [0.29, 0.717) is 51.1 Å². The Kier molecular flexibility index (Phi) is 7.62. The molecule has 1 aliphatic carbocycles. The summed E-state index contributed by atoms with van der Waals surface area (Å²) in [5, 5.41) is 7.34. The molecule has 10 heteroatoms. The number of thiophene rings is 1. The Bertz CT molecular complexity index is 1510. The fourth-order valence-corrected chi connectivity index (χ4v) is 6.72. The summed E-state index contributed by atoms with van der Waals surface area (Å²) in [6.45, 7) is 9.65. The summed E-state index contributed by atoms with van der Waals surface area (Å²) in [5.74, 6) is 2.00. The summed E-state index contributed by atoms with van der Waals surface area (Å²) in [5.41, 5.74) is 4.92. The first-order valence-corrected chi connectivity index (χ1v) is 14.8. The SMILES string of the molecule is C=C(C)C(=O)CCCC(=O)N1CC=C(c2cc3nc(C4CC=Cc5[nH]ncc54)nc(N4CCOCC4)c3s2)CC1. The molecule has 3 aliphatic rings. The zero-order valence-corrected chi connectivity index (χ0v) is 23.6. The van der Waals surface area contributed by atoms with Crippen LogP contribution in [0, 0.1) is 0 Å². The number of carbonyl (C=O) groups is 2. The van der Waals surface area contributed by atoms with Crippen molar-refractivity contribution in [3.63, 3.8) is 0 Å². The standard InChI is InChI=1S/C30H34N6O3S/c1-19(2)25(37)7-4-8-27(38)35-11-9-20(10-12-35)26-17-24-28(40-26)30(36-13-15-39-16-14-36)33-29(32-24)21-5-3-6-23-22(21)18-31-34-23/h3,6,9,17-18,21H,1,4-5,7-8,10-16H2,2H3,(H,31,34). The minimum Gasteiger partial charge on any atom is -0.378 e. The van der Waals surface area contributed by atoms with E-state index >= 15 is 0 Å². The molecule has 208 valence electrons. The van der Waals surface area contributed by atoms with Crippen molar-refractivity contribution in [2.24, 2.45) is 0 Å². The van der Waals surface area contributed by atoms with Crippen LogP contribution in [0.15, 0.2) is 36.6 Å². The predicted molar refractivity (Wildman–Crippen MR) is 157 cm³/mol. The number of rotatable bonds is 8. The molecule has 9 nitrogen and oxygen atoms in total. The quantitative estimate of drug-likeness (QED) is 0.399. The summed E-state index contributed by atoms with van der Waals surface area (Å²) >= 11 is 1.74. The van der Waals surface area contributed by atoms with Gasteiger partial charge in [0, 0.05) is 49.5 Å². The van der Waals surface area contributed by atoms with Crippen molar-refractivity contribution in [3.05, 3.63) is 58.5 Å². The molecule has 1 atom stereocenters. The number of aromatic nitrogens is 4. The Morgan fingerprint density at radius 1 is 1.20 bits per heavy atom. The van der Waals surface area contributed by atoms with E-state index in [9.17, 15) is 9.59 Å². The van der Waals surface area contributed by atoms with Gasteiger partial charge in [-0.3, -0.25) is 14.7 Å². The Hall–Kier alpha value is -3.63. The number of morpholine rings is 1. The van der Waals surface area contributed by atoms with Crippen LogP contribution in [0.3, 0.4) is 0 Å². The molecule has 3 aromatic rings. The number of nitrogens with zero attached hydrogens (tertiary/aromatic N) is 5. The van der Waals surface area contributed by atoms with Gasteiger partial charge in [-0.05, 0) is 49.5 Å². The molecule has 1 saturated heterocycles. The van der Waals surface area contributed by atoms with E-state index in [-0.39, 0.29) is 17.6 Å². The van der Waals surface area contributed by atoms with Crippen LogP contribution < -0.4 is 4.90 Å². The average molecular weight is 559 g/mol. The smallest absolute Gasteiger partial charge is 0.222 e. The van der Waals surface area contributed by atoms with E-state index in [1.54, 1.807) is 18.3 Å². The molecule has 1 amide bonds. The number of ketones is 1. The average Bonchev–Trinajstić information content (AvgIpc) is 3.64. The molecule has 6 rings (SSSR count). The monoisotopic (exact) mass is 558 g/mol. The van der Waals surface area contributed by atoms with Gasteiger partial charge in [-0.2, -0.15) is 5.10 Å². The molecule has 0 saturated carbocycles. The highest BCUT2D eigenvalue weighted by atomic mass is 32.1. The van der Waals surface area contributed by atoms with Crippen molar-refractivity contribution in [1.82, 2.24) is 25.1 Å². The van der Waals surface area contributed by atoms with Gasteiger partial charge in [-0.15, -0.1) is 11.3 Å². The van der Waals surface area contributed by atoms with Crippen LogP contribution in [0.5, 0.6) is 0 Å². The van der Waals surface area contributed by atoms with Gasteiger partial charge in [0.15, 0.2) is 11.6 Å². The van der Waals surface area contributed by atoms with Crippen LogP contribution in [0.25, 0.3) is 21.9 Å². The van der Waals surface area contributed by atoms with Gasteiger partial charge < -0.3 is 14.5 Å². The maximum Gasteiger partial charge on any atom is 0.222 e. The van der Waals surface area contributed by atoms with E-state index < -0.39 is 0 Å². The van der Waals surface area contributed by atoms with Crippen LogP contribution >= 0.6 is 11.3 Å². The first-order valence-electron chi connectivity index (χ1n) is 14.0. The highest BCUT2D eigenvalue weighted by molar-refractivity contribution is 7.20. The van der Waals surface area contributed by atoms with E-state index in [1.165, 1.54) is 10.5 Å². The lowest BCUT2D eigenvalue weighted by Gasteiger charge is -2.29. The highest BCUT2D eigenvalue weighted by Crippen LogP contribution is 2.40. The van der Waals surface area contributed by atoms with E-state index in [2.05, 4.69) is 46.0 Å². The summed E-state index contributed by atoms with van der Waals surface area (Å²) in [6.07, 6.45) is 11.3. The molecular formula is C30H34N6O3S. The molecule has 2 aliphatic heterocycles. The van der Waals surface area contributed by atoms with Gasteiger partial charge in [-0.1, -0.05) is 18.7 Å². The van der Waals surface area contributed by atoms with Crippen LogP contribution in [-0.4, -0.2) is 76.1 Å². The van der Waals surface area contributed by atoms with Crippen molar-refractivity contribution >= 4 is 50.7 Å². The summed E-state index contributed by atoms with van der Waals surface area (Å²) < 4.78 is 6.73. The lowest BCUT2D eigenvalue weighted by Crippen LogP contribution is -2.37. The Morgan fingerprint density at radius 2 is 2.05 bits per heavy atom. The van der Waals surface area contributed by atoms with Crippen molar-refractivity contribution in [1.29, 1.82) is 0 Å². The maximum atomic E-state index is 12.7. The molecule has 5 heterocycles. The van der Waals surface area contributed by atoms with Crippen molar-refractivity contribution in [3.8, 4) is 0 Å². The van der Waals surface area contributed by atoms with E-state index in [4.69, 9.17) is 14.7 Å². The Balaban J connectivity index is 1.24. The number of nitrogens with one attached hydrogen (secondary N) is 1. The summed E-state index contributed by atoms with van der Waals surface area (Å²) in [4.78, 5) is 40.2. The number of amides is 1. The molecule has 0 aromatic carbocycles. The second kappa shape index (κ2) is 11.5. The number of fused-ring (bicyclic) bond motifs is 2.